The first-order valence-corrected chi connectivity index (χ1v) is 4.11. The van der Waals surface area contributed by atoms with Crippen molar-refractivity contribution in [2.45, 2.75) is 12.5 Å². The van der Waals surface area contributed by atoms with Gasteiger partial charge in [-0.1, -0.05) is 30.3 Å². The molecule has 4 nitrogen and oxygen atoms in total. The molecule has 0 aliphatic carbocycles. The molecule has 0 saturated heterocycles. The van der Waals surface area contributed by atoms with Gasteiger partial charge in [0.2, 0.25) is 0 Å². The first-order chi connectivity index (χ1) is 6.24. The Morgan fingerprint density at radius 2 is 2.00 bits per heavy atom. The highest BCUT2D eigenvalue weighted by atomic mass is 16.5. The SMILES string of the molecule is COC(=O)[C@@H](N)Cc1ccccc1.O. The van der Waals surface area contributed by atoms with Crippen LogP contribution in [0.1, 0.15) is 5.56 Å². The molecule has 0 spiro atoms. The molecule has 1 rings (SSSR count). The minimum absolute atomic E-state index is 0. The van der Waals surface area contributed by atoms with Crippen molar-refractivity contribution in [1.82, 2.24) is 0 Å². The quantitative estimate of drug-likeness (QED) is 0.687. The van der Waals surface area contributed by atoms with E-state index in [0.29, 0.717) is 6.42 Å². The summed E-state index contributed by atoms with van der Waals surface area (Å²) < 4.78 is 4.52. The fourth-order valence-electron chi connectivity index (χ4n) is 1.10. The zero-order valence-corrected chi connectivity index (χ0v) is 8.07. The molecular formula is C10H15NO3. The largest absolute Gasteiger partial charge is 0.468 e. The fraction of sp³-hybridized carbons (Fsp3) is 0.300. The van der Waals surface area contributed by atoms with Crippen molar-refractivity contribution < 1.29 is 15.0 Å². The van der Waals surface area contributed by atoms with E-state index in [4.69, 9.17) is 5.73 Å². The molecule has 4 heteroatoms. The van der Waals surface area contributed by atoms with E-state index in [1.165, 1.54) is 7.11 Å². The number of methoxy groups -OCH3 is 1. The second-order valence-electron chi connectivity index (χ2n) is 2.82. The predicted molar refractivity (Wildman–Crippen MR) is 53.8 cm³/mol. The van der Waals surface area contributed by atoms with E-state index >= 15 is 0 Å². The lowest BCUT2D eigenvalue weighted by Crippen LogP contribution is -2.33. The van der Waals surface area contributed by atoms with Crippen LogP contribution in [0.4, 0.5) is 0 Å². The Morgan fingerprint density at radius 3 is 2.50 bits per heavy atom. The Morgan fingerprint density at radius 1 is 1.43 bits per heavy atom. The standard InChI is InChI=1S/C10H13NO2.H2O/c1-13-10(12)9(11)7-8-5-3-2-4-6-8;/h2-6,9H,7,11H2,1H3;1H2/t9-;/m0./s1. The minimum atomic E-state index is -0.563. The molecular weight excluding hydrogens is 182 g/mol. The lowest BCUT2D eigenvalue weighted by atomic mass is 10.1. The van der Waals surface area contributed by atoms with Gasteiger partial charge in [-0.2, -0.15) is 0 Å². The van der Waals surface area contributed by atoms with Crippen molar-refractivity contribution in [3.05, 3.63) is 35.9 Å². The lowest BCUT2D eigenvalue weighted by Gasteiger charge is -2.08. The summed E-state index contributed by atoms with van der Waals surface area (Å²) in [5.74, 6) is -0.371. The van der Waals surface area contributed by atoms with Crippen LogP contribution in [0, 0.1) is 0 Å². The van der Waals surface area contributed by atoms with Gasteiger partial charge in [-0.3, -0.25) is 4.79 Å². The van der Waals surface area contributed by atoms with E-state index < -0.39 is 6.04 Å². The van der Waals surface area contributed by atoms with Gasteiger partial charge < -0.3 is 15.9 Å². The Labute approximate surface area is 83.0 Å². The number of rotatable bonds is 3. The number of esters is 1. The van der Waals surface area contributed by atoms with E-state index in [1.54, 1.807) is 0 Å². The summed E-state index contributed by atoms with van der Waals surface area (Å²) >= 11 is 0. The van der Waals surface area contributed by atoms with Crippen molar-refractivity contribution >= 4 is 5.97 Å². The van der Waals surface area contributed by atoms with Gasteiger partial charge in [0.25, 0.3) is 0 Å². The number of nitrogens with two attached hydrogens (primary N) is 1. The van der Waals surface area contributed by atoms with Gasteiger partial charge in [-0.05, 0) is 12.0 Å². The molecule has 4 N–H and O–H groups in total. The molecule has 14 heavy (non-hydrogen) atoms. The van der Waals surface area contributed by atoms with Crippen LogP contribution in [0.2, 0.25) is 0 Å². The molecule has 1 aromatic rings. The maximum atomic E-state index is 11.0. The molecule has 0 aromatic heterocycles. The van der Waals surface area contributed by atoms with E-state index in [1.807, 2.05) is 30.3 Å². The van der Waals surface area contributed by atoms with Crippen LogP contribution in [0.25, 0.3) is 0 Å². The van der Waals surface area contributed by atoms with Gasteiger partial charge in [-0.25, -0.2) is 0 Å². The van der Waals surface area contributed by atoms with Crippen molar-refractivity contribution in [3.8, 4) is 0 Å². The second-order valence-corrected chi connectivity index (χ2v) is 2.82. The molecule has 1 atom stereocenters. The Kier molecular flexibility index (Phi) is 5.52. The highest BCUT2D eigenvalue weighted by molar-refractivity contribution is 5.75. The highest BCUT2D eigenvalue weighted by Gasteiger charge is 2.13. The van der Waals surface area contributed by atoms with Crippen LogP contribution in [0.15, 0.2) is 30.3 Å². The minimum Gasteiger partial charge on any atom is -0.468 e. The van der Waals surface area contributed by atoms with Gasteiger partial charge >= 0.3 is 5.97 Å². The summed E-state index contributed by atoms with van der Waals surface area (Å²) in [5.41, 5.74) is 6.63. The van der Waals surface area contributed by atoms with Gasteiger partial charge in [0.15, 0.2) is 0 Å². The van der Waals surface area contributed by atoms with Crippen LogP contribution in [-0.4, -0.2) is 24.6 Å². The third-order valence-corrected chi connectivity index (χ3v) is 1.80. The number of ether oxygens (including phenoxy) is 1. The second kappa shape index (κ2) is 6.12. The van der Waals surface area contributed by atoms with Crippen molar-refractivity contribution in [1.29, 1.82) is 0 Å². The number of hydrogen-bond acceptors (Lipinski definition) is 3. The molecule has 78 valence electrons. The summed E-state index contributed by atoms with van der Waals surface area (Å²) in [5, 5.41) is 0. The van der Waals surface area contributed by atoms with E-state index in [2.05, 4.69) is 4.74 Å². The average Bonchev–Trinajstić information content (AvgIpc) is 2.18. The maximum absolute atomic E-state index is 11.0. The third-order valence-electron chi connectivity index (χ3n) is 1.80. The van der Waals surface area contributed by atoms with Gasteiger partial charge in [0.05, 0.1) is 7.11 Å². The highest BCUT2D eigenvalue weighted by Crippen LogP contribution is 2.02. The first-order valence-electron chi connectivity index (χ1n) is 4.11. The number of hydrogen-bond donors (Lipinski definition) is 1. The van der Waals surface area contributed by atoms with Gasteiger partial charge in [-0.15, -0.1) is 0 Å². The summed E-state index contributed by atoms with van der Waals surface area (Å²) in [6.45, 7) is 0. The molecule has 0 unspecified atom stereocenters. The Balaban J connectivity index is 0.00000169. The van der Waals surface area contributed by atoms with Crippen LogP contribution in [0.3, 0.4) is 0 Å². The van der Waals surface area contributed by atoms with Gasteiger partial charge in [0.1, 0.15) is 6.04 Å². The molecule has 0 saturated carbocycles. The Bertz CT molecular complexity index is 274. The number of benzene rings is 1. The topological polar surface area (TPSA) is 83.8 Å². The third kappa shape index (κ3) is 3.55. The van der Waals surface area contributed by atoms with Crippen molar-refractivity contribution in [2.75, 3.05) is 7.11 Å². The molecule has 1 aromatic carbocycles. The average molecular weight is 197 g/mol. The van der Waals surface area contributed by atoms with Crippen LogP contribution < -0.4 is 5.73 Å². The summed E-state index contributed by atoms with van der Waals surface area (Å²) in [4.78, 5) is 11.0. The smallest absolute Gasteiger partial charge is 0.322 e. The first kappa shape index (κ1) is 12.6. The lowest BCUT2D eigenvalue weighted by molar-refractivity contribution is -0.142. The molecule has 0 heterocycles. The van der Waals surface area contributed by atoms with E-state index in [0.717, 1.165) is 5.56 Å². The molecule has 0 bridgehead atoms. The molecule has 0 aliphatic rings. The van der Waals surface area contributed by atoms with Crippen LogP contribution in [-0.2, 0) is 16.0 Å². The summed E-state index contributed by atoms with van der Waals surface area (Å²) in [7, 11) is 1.34. The van der Waals surface area contributed by atoms with Gasteiger partial charge in [0, 0.05) is 0 Å². The summed E-state index contributed by atoms with van der Waals surface area (Å²) in [6, 6.07) is 9.06. The predicted octanol–water partition coefficient (Wildman–Crippen LogP) is -0.0953. The number of carbonyl (C=O) groups excluding carboxylic acids is 1. The molecule has 0 fully saturated rings. The normalized spacial score (nSPS) is 11.3. The molecule has 0 aliphatic heterocycles. The van der Waals surface area contributed by atoms with E-state index in [-0.39, 0.29) is 11.4 Å². The summed E-state index contributed by atoms with van der Waals surface area (Å²) in [6.07, 6.45) is 0.521. The molecule has 0 amide bonds. The zero-order valence-electron chi connectivity index (χ0n) is 8.07. The Hall–Kier alpha value is -1.39. The monoisotopic (exact) mass is 197 g/mol. The molecule has 0 radical (unpaired) electrons. The van der Waals surface area contributed by atoms with Crippen molar-refractivity contribution in [2.24, 2.45) is 5.73 Å². The maximum Gasteiger partial charge on any atom is 0.322 e. The number of carbonyl (C=O) groups is 1. The van der Waals surface area contributed by atoms with E-state index in [9.17, 15) is 4.79 Å². The van der Waals surface area contributed by atoms with Crippen LogP contribution >= 0.6 is 0 Å². The fourth-order valence-corrected chi connectivity index (χ4v) is 1.10. The van der Waals surface area contributed by atoms with Crippen LogP contribution in [0.5, 0.6) is 0 Å². The van der Waals surface area contributed by atoms with Crippen molar-refractivity contribution in [3.63, 3.8) is 0 Å². The zero-order chi connectivity index (χ0) is 9.68.